The first-order chi connectivity index (χ1) is 26.0. The quantitative estimate of drug-likeness (QED) is 0.132. The molecule has 4 atom stereocenters. The molecule has 1 aliphatic heterocycles. The average molecular weight is 739 g/mol. The highest BCUT2D eigenvalue weighted by Gasteiger charge is 2.40. The number of aromatic nitrogens is 4. The van der Waals surface area contributed by atoms with Crippen molar-refractivity contribution in [2.45, 2.75) is 83.8 Å². The molecule has 4 amide bonds. The van der Waals surface area contributed by atoms with Crippen molar-refractivity contribution in [3.63, 3.8) is 0 Å². The first kappa shape index (κ1) is 38.1. The third-order valence-electron chi connectivity index (χ3n) is 10.5. The van der Waals surface area contributed by atoms with E-state index in [1.807, 2.05) is 33.9 Å². The van der Waals surface area contributed by atoms with E-state index in [1.165, 1.54) is 19.2 Å². The van der Waals surface area contributed by atoms with Crippen LogP contribution in [0.5, 0.6) is 0 Å². The molecule has 286 valence electrons. The van der Waals surface area contributed by atoms with Crippen molar-refractivity contribution < 1.29 is 28.7 Å². The summed E-state index contributed by atoms with van der Waals surface area (Å²) in [7, 11) is 2.56. The van der Waals surface area contributed by atoms with Crippen LogP contribution in [0.3, 0.4) is 0 Å². The van der Waals surface area contributed by atoms with E-state index >= 15 is 0 Å². The molecular weight excluding hydrogens is 688 g/mol. The van der Waals surface area contributed by atoms with Gasteiger partial charge in [-0.2, -0.15) is 0 Å². The molecule has 4 aromatic rings. The number of H-pyrrole nitrogens is 2. The maximum absolute atomic E-state index is 13.5. The number of nitrogens with one attached hydrogen (secondary N) is 4. The summed E-state index contributed by atoms with van der Waals surface area (Å²) < 4.78 is 9.48. The second-order valence-corrected chi connectivity index (χ2v) is 14.6. The molecule has 54 heavy (non-hydrogen) atoms. The summed E-state index contributed by atoms with van der Waals surface area (Å²) in [4.78, 5) is 68.9. The molecule has 6 rings (SSSR count). The van der Waals surface area contributed by atoms with Crippen molar-refractivity contribution in [3.8, 4) is 33.6 Å². The number of methoxy groups -OCH3 is 2. The minimum absolute atomic E-state index is 0.0807. The van der Waals surface area contributed by atoms with Crippen molar-refractivity contribution in [1.29, 1.82) is 0 Å². The maximum Gasteiger partial charge on any atom is 0.425 e. The summed E-state index contributed by atoms with van der Waals surface area (Å²) in [5.74, 6) is 0.725. The number of hydrogen-bond acceptors (Lipinski definition) is 8. The number of rotatable bonds is 10. The monoisotopic (exact) mass is 738 g/mol. The molecule has 3 heterocycles. The Labute approximate surface area is 315 Å². The predicted octanol–water partition coefficient (Wildman–Crippen LogP) is 6.57. The second kappa shape index (κ2) is 16.6. The molecule has 1 saturated carbocycles. The molecule has 2 aliphatic rings. The van der Waals surface area contributed by atoms with Crippen LogP contribution in [0.25, 0.3) is 33.6 Å². The highest BCUT2D eigenvalue weighted by atomic mass is 16.5. The number of benzene rings is 2. The van der Waals surface area contributed by atoms with E-state index in [0.717, 1.165) is 77.4 Å². The fourth-order valence-electron chi connectivity index (χ4n) is 7.55. The van der Waals surface area contributed by atoms with Crippen LogP contribution < -0.4 is 10.7 Å². The van der Waals surface area contributed by atoms with E-state index in [1.54, 1.807) is 11.1 Å². The fourth-order valence-corrected chi connectivity index (χ4v) is 7.55. The molecule has 2 aromatic heterocycles. The number of hydrogen-bond donors (Lipinski definition) is 4. The van der Waals surface area contributed by atoms with Crippen molar-refractivity contribution in [1.82, 2.24) is 40.6 Å². The van der Waals surface area contributed by atoms with Crippen LogP contribution in [-0.4, -0.2) is 86.7 Å². The van der Waals surface area contributed by atoms with E-state index in [4.69, 9.17) is 9.47 Å². The number of hydrazine groups is 1. The van der Waals surface area contributed by atoms with Crippen LogP contribution in [0.1, 0.15) is 83.4 Å². The molecule has 0 bridgehead atoms. The Morgan fingerprint density at radius 2 is 1.31 bits per heavy atom. The van der Waals surface area contributed by atoms with Gasteiger partial charge in [-0.25, -0.2) is 30.0 Å². The van der Waals surface area contributed by atoms with Crippen molar-refractivity contribution in [3.05, 3.63) is 72.6 Å². The zero-order chi connectivity index (χ0) is 38.5. The summed E-state index contributed by atoms with van der Waals surface area (Å²) >= 11 is 0. The van der Waals surface area contributed by atoms with Crippen molar-refractivity contribution in [2.75, 3.05) is 20.8 Å². The number of alkyl carbamates (subject to hydrolysis) is 1. The highest BCUT2D eigenvalue weighted by Crippen LogP contribution is 2.40. The predicted molar refractivity (Wildman–Crippen MR) is 203 cm³/mol. The number of aromatic amines is 2. The molecule has 2 aromatic carbocycles. The van der Waals surface area contributed by atoms with Gasteiger partial charge in [0.15, 0.2) is 0 Å². The molecule has 1 aliphatic carbocycles. The van der Waals surface area contributed by atoms with E-state index in [0.29, 0.717) is 6.54 Å². The fraction of sp³-hybridized carbons (Fsp3) is 0.450. The zero-order valence-electron chi connectivity index (χ0n) is 31.7. The number of amides is 4. The largest absolute Gasteiger partial charge is 0.453 e. The van der Waals surface area contributed by atoms with Gasteiger partial charge in [0.1, 0.15) is 17.7 Å². The lowest BCUT2D eigenvalue weighted by atomic mass is 9.94. The molecular formula is C40H50N8O6. The van der Waals surface area contributed by atoms with Gasteiger partial charge in [-0.3, -0.25) is 9.59 Å². The van der Waals surface area contributed by atoms with Crippen LogP contribution in [0.2, 0.25) is 0 Å². The number of imidazole rings is 2. The lowest BCUT2D eigenvalue weighted by molar-refractivity contribution is -0.140. The summed E-state index contributed by atoms with van der Waals surface area (Å²) in [6.45, 7) is 8.10. The van der Waals surface area contributed by atoms with E-state index < -0.39 is 18.2 Å². The minimum Gasteiger partial charge on any atom is -0.453 e. The van der Waals surface area contributed by atoms with Crippen molar-refractivity contribution >= 4 is 24.0 Å². The maximum atomic E-state index is 13.5. The third kappa shape index (κ3) is 8.12. The standard InChI is InChI=1S/C40H50N8O6/c1-23(2)34(45-39(51)53-5)38(50)47-20-8-11-33(47)36-42-22-32(44-36)28-18-14-26(15-19-28)25-12-16-27(17-13-25)31-21-41-35(43-31)29-9-7-10-30(29)37(49)48(24(3)4)46-40(52)54-6/h12-19,21-24,29-30,33-34H,7-11,20H2,1-6H3,(H,41,43)(H,42,44)(H,45,51)(H,46,52)/t29?,30?,33-,34?/m0/s1. The van der Waals surface area contributed by atoms with E-state index in [2.05, 4.69) is 79.2 Å². The molecule has 0 radical (unpaired) electrons. The number of likely N-dealkylation sites (tertiary alicyclic amines) is 1. The van der Waals surface area contributed by atoms with Gasteiger partial charge in [0, 0.05) is 24.4 Å². The first-order valence-electron chi connectivity index (χ1n) is 18.6. The van der Waals surface area contributed by atoms with Gasteiger partial charge in [0.05, 0.1) is 44.0 Å². The molecule has 1 saturated heterocycles. The molecule has 14 heteroatoms. The van der Waals surface area contributed by atoms with Gasteiger partial charge in [0.2, 0.25) is 11.8 Å². The SMILES string of the molecule is COC(=O)NC(C(=O)N1CCC[C@H]1c1ncc(-c2ccc(-c3ccc(-c4cnc(C5CCCC5C(=O)N(NC(=O)OC)C(C)C)[nH]4)cc3)cc2)[nH]1)C(C)C. The van der Waals surface area contributed by atoms with Gasteiger partial charge in [-0.05, 0) is 67.7 Å². The van der Waals surface area contributed by atoms with Crippen LogP contribution in [0.4, 0.5) is 9.59 Å². The minimum atomic E-state index is -0.687. The molecule has 0 spiro atoms. The van der Waals surface area contributed by atoms with Crippen LogP contribution in [-0.2, 0) is 19.1 Å². The summed E-state index contributed by atoms with van der Waals surface area (Å²) in [5.41, 5.74) is 8.37. The smallest absolute Gasteiger partial charge is 0.425 e. The Morgan fingerprint density at radius 3 is 1.87 bits per heavy atom. The topological polar surface area (TPSA) is 175 Å². The van der Waals surface area contributed by atoms with Crippen LogP contribution in [0, 0.1) is 11.8 Å². The van der Waals surface area contributed by atoms with E-state index in [9.17, 15) is 19.2 Å². The summed E-state index contributed by atoms with van der Waals surface area (Å²) in [6, 6.07) is 15.4. The Morgan fingerprint density at radius 1 is 0.759 bits per heavy atom. The zero-order valence-corrected chi connectivity index (χ0v) is 31.7. The number of nitrogens with zero attached hydrogens (tertiary/aromatic N) is 4. The van der Waals surface area contributed by atoms with Gasteiger partial charge < -0.3 is 29.7 Å². The number of ether oxygens (including phenoxy) is 2. The van der Waals surface area contributed by atoms with Gasteiger partial charge in [0.25, 0.3) is 0 Å². The lowest BCUT2D eigenvalue weighted by Gasteiger charge is -2.30. The Bertz CT molecular complexity index is 1800. The first-order valence-corrected chi connectivity index (χ1v) is 18.6. The highest BCUT2D eigenvalue weighted by molar-refractivity contribution is 5.86. The summed E-state index contributed by atoms with van der Waals surface area (Å²) in [5, 5.41) is 4.05. The molecule has 14 nitrogen and oxygen atoms in total. The van der Waals surface area contributed by atoms with Crippen LogP contribution >= 0.6 is 0 Å². The third-order valence-corrected chi connectivity index (χ3v) is 10.5. The van der Waals surface area contributed by atoms with E-state index in [-0.39, 0.29) is 41.7 Å². The summed E-state index contributed by atoms with van der Waals surface area (Å²) in [6.07, 6.45) is 6.39. The molecule has 2 fully saturated rings. The Kier molecular flexibility index (Phi) is 11.7. The van der Waals surface area contributed by atoms with Gasteiger partial charge in [-0.15, -0.1) is 0 Å². The molecule has 3 unspecified atom stereocenters. The Hall–Kier alpha value is -5.66. The van der Waals surface area contributed by atoms with Crippen molar-refractivity contribution in [2.24, 2.45) is 11.8 Å². The Balaban J connectivity index is 1.11. The van der Waals surface area contributed by atoms with Crippen LogP contribution in [0.15, 0.2) is 60.9 Å². The molecule has 4 N–H and O–H groups in total. The average Bonchev–Trinajstić information content (AvgIpc) is 4.02. The van der Waals surface area contributed by atoms with Gasteiger partial charge >= 0.3 is 12.2 Å². The number of carbonyl (C=O) groups is 4. The lowest BCUT2D eigenvalue weighted by Crippen LogP contribution is -2.52. The normalized spacial score (nSPS) is 18.8. The van der Waals surface area contributed by atoms with Gasteiger partial charge in [-0.1, -0.05) is 68.8 Å². The number of carbonyl (C=O) groups excluding carboxylic acids is 4. The second-order valence-electron chi connectivity index (χ2n) is 14.6.